The Hall–Kier alpha value is -1.03. The lowest BCUT2D eigenvalue weighted by Crippen LogP contribution is -2.39. The highest BCUT2D eigenvalue weighted by Gasteiger charge is 2.30. The quantitative estimate of drug-likeness (QED) is 0.416. The van der Waals surface area contributed by atoms with Gasteiger partial charge >= 0.3 is 6.18 Å². The standard InChI is InChI=1S/C16H23F3N4.HI/c1-20-15(22-10-13-6-7-23(2)11-13)21-9-12-4-3-5-14(8-12)16(17,18)19;/h3-5,8,13H,6-7,9-11H2,1-2H3,(H2,20,21,22);1H. The van der Waals surface area contributed by atoms with Crippen LogP contribution < -0.4 is 10.6 Å². The molecular weight excluding hydrogens is 432 g/mol. The topological polar surface area (TPSA) is 39.7 Å². The Morgan fingerprint density at radius 3 is 2.67 bits per heavy atom. The summed E-state index contributed by atoms with van der Waals surface area (Å²) in [6.45, 7) is 3.26. The lowest BCUT2D eigenvalue weighted by Gasteiger charge is -2.16. The predicted molar refractivity (Wildman–Crippen MR) is 101 cm³/mol. The van der Waals surface area contributed by atoms with Crippen LogP contribution in [0.25, 0.3) is 0 Å². The smallest absolute Gasteiger partial charge is 0.356 e. The summed E-state index contributed by atoms with van der Waals surface area (Å²) >= 11 is 0. The second-order valence-electron chi connectivity index (χ2n) is 5.92. The van der Waals surface area contributed by atoms with E-state index in [9.17, 15) is 13.2 Å². The van der Waals surface area contributed by atoms with Crippen molar-refractivity contribution in [2.24, 2.45) is 10.9 Å². The van der Waals surface area contributed by atoms with E-state index < -0.39 is 11.7 Å². The highest BCUT2D eigenvalue weighted by atomic mass is 127. The molecule has 1 atom stereocenters. The van der Waals surface area contributed by atoms with Crippen molar-refractivity contribution in [1.82, 2.24) is 15.5 Å². The maximum absolute atomic E-state index is 12.7. The van der Waals surface area contributed by atoms with Crippen LogP contribution in [0.4, 0.5) is 13.2 Å². The lowest BCUT2D eigenvalue weighted by atomic mass is 10.1. The van der Waals surface area contributed by atoms with Crippen molar-refractivity contribution in [3.8, 4) is 0 Å². The second-order valence-corrected chi connectivity index (χ2v) is 5.92. The van der Waals surface area contributed by atoms with Gasteiger partial charge in [0, 0.05) is 26.7 Å². The summed E-state index contributed by atoms with van der Waals surface area (Å²) in [5.41, 5.74) is -0.0582. The van der Waals surface area contributed by atoms with E-state index in [1.165, 1.54) is 6.07 Å². The minimum atomic E-state index is -4.32. The zero-order valence-corrected chi connectivity index (χ0v) is 16.2. The van der Waals surface area contributed by atoms with Crippen molar-refractivity contribution in [3.05, 3.63) is 35.4 Å². The molecule has 24 heavy (non-hydrogen) atoms. The van der Waals surface area contributed by atoms with Gasteiger partial charge in [0.25, 0.3) is 0 Å². The zero-order valence-electron chi connectivity index (χ0n) is 13.9. The molecule has 1 aromatic carbocycles. The van der Waals surface area contributed by atoms with Crippen LogP contribution in [0.2, 0.25) is 0 Å². The van der Waals surface area contributed by atoms with Gasteiger partial charge in [0.05, 0.1) is 5.56 Å². The van der Waals surface area contributed by atoms with Crippen molar-refractivity contribution < 1.29 is 13.2 Å². The van der Waals surface area contributed by atoms with E-state index >= 15 is 0 Å². The number of likely N-dealkylation sites (tertiary alicyclic amines) is 1. The highest BCUT2D eigenvalue weighted by molar-refractivity contribution is 14.0. The fourth-order valence-corrected chi connectivity index (χ4v) is 2.70. The molecule has 8 heteroatoms. The normalized spacial score (nSPS) is 19.0. The third-order valence-electron chi connectivity index (χ3n) is 3.98. The Morgan fingerprint density at radius 1 is 1.33 bits per heavy atom. The molecule has 2 N–H and O–H groups in total. The van der Waals surface area contributed by atoms with E-state index in [-0.39, 0.29) is 24.0 Å². The fraction of sp³-hybridized carbons (Fsp3) is 0.562. The van der Waals surface area contributed by atoms with E-state index in [0.29, 0.717) is 24.0 Å². The maximum atomic E-state index is 12.7. The third-order valence-corrected chi connectivity index (χ3v) is 3.98. The van der Waals surface area contributed by atoms with E-state index in [1.54, 1.807) is 13.1 Å². The minimum Gasteiger partial charge on any atom is -0.356 e. The number of nitrogens with zero attached hydrogens (tertiary/aromatic N) is 2. The van der Waals surface area contributed by atoms with E-state index in [0.717, 1.165) is 38.2 Å². The first-order valence-electron chi connectivity index (χ1n) is 7.67. The van der Waals surface area contributed by atoms with Gasteiger partial charge in [0.2, 0.25) is 0 Å². The summed E-state index contributed by atoms with van der Waals surface area (Å²) in [4.78, 5) is 6.40. The Labute approximate surface area is 157 Å². The van der Waals surface area contributed by atoms with Crippen LogP contribution in [-0.2, 0) is 12.7 Å². The van der Waals surface area contributed by atoms with Gasteiger partial charge < -0.3 is 15.5 Å². The van der Waals surface area contributed by atoms with E-state index in [1.807, 2.05) is 0 Å². The van der Waals surface area contributed by atoms with Crippen LogP contribution >= 0.6 is 24.0 Å². The molecule has 0 radical (unpaired) electrons. The first kappa shape index (κ1) is 21.0. The molecule has 136 valence electrons. The molecule has 1 aliphatic heterocycles. The molecule has 1 fully saturated rings. The van der Waals surface area contributed by atoms with Crippen molar-refractivity contribution >= 4 is 29.9 Å². The molecule has 1 saturated heterocycles. The first-order valence-corrected chi connectivity index (χ1v) is 7.67. The molecule has 0 aromatic heterocycles. The largest absolute Gasteiger partial charge is 0.416 e. The molecular formula is C16H24F3IN4. The summed E-state index contributed by atoms with van der Waals surface area (Å²) in [6.07, 6.45) is -3.17. The summed E-state index contributed by atoms with van der Waals surface area (Å²) in [7, 11) is 3.75. The highest BCUT2D eigenvalue weighted by Crippen LogP contribution is 2.29. The molecule has 1 aromatic rings. The SMILES string of the molecule is CN=C(NCc1cccc(C(F)(F)F)c1)NCC1CCN(C)C1.I. The monoisotopic (exact) mass is 456 g/mol. The summed E-state index contributed by atoms with van der Waals surface area (Å²) in [6, 6.07) is 5.32. The van der Waals surface area contributed by atoms with Crippen LogP contribution in [-0.4, -0.2) is 44.6 Å². The Balaban J connectivity index is 0.00000288. The van der Waals surface area contributed by atoms with E-state index in [2.05, 4.69) is 27.6 Å². The number of rotatable bonds is 4. The Morgan fingerprint density at radius 2 is 2.08 bits per heavy atom. The molecule has 0 bridgehead atoms. The minimum absolute atomic E-state index is 0. The van der Waals surface area contributed by atoms with Gasteiger partial charge in [0.1, 0.15) is 0 Å². The number of aliphatic imine (C=N–C) groups is 1. The molecule has 0 aliphatic carbocycles. The van der Waals surface area contributed by atoms with Gasteiger partial charge in [-0.25, -0.2) is 0 Å². The first-order chi connectivity index (χ1) is 10.9. The summed E-state index contributed by atoms with van der Waals surface area (Å²) in [5, 5.41) is 6.29. The van der Waals surface area contributed by atoms with Gasteiger partial charge in [-0.15, -0.1) is 24.0 Å². The Bertz CT molecular complexity index is 548. The van der Waals surface area contributed by atoms with Gasteiger partial charge in [-0.1, -0.05) is 12.1 Å². The van der Waals surface area contributed by atoms with Crippen molar-refractivity contribution in [2.45, 2.75) is 19.1 Å². The summed E-state index contributed by atoms with van der Waals surface area (Å²) in [5.74, 6) is 1.18. The molecule has 1 heterocycles. The fourth-order valence-electron chi connectivity index (χ4n) is 2.70. The molecule has 4 nitrogen and oxygen atoms in total. The number of alkyl halides is 3. The van der Waals surface area contributed by atoms with Crippen LogP contribution in [0.3, 0.4) is 0 Å². The van der Waals surface area contributed by atoms with Gasteiger partial charge in [-0.2, -0.15) is 13.2 Å². The predicted octanol–water partition coefficient (Wildman–Crippen LogP) is 2.94. The molecule has 1 unspecified atom stereocenters. The maximum Gasteiger partial charge on any atom is 0.416 e. The average Bonchev–Trinajstić information content (AvgIpc) is 2.92. The van der Waals surface area contributed by atoms with Gasteiger partial charge in [-0.3, -0.25) is 4.99 Å². The van der Waals surface area contributed by atoms with Crippen molar-refractivity contribution in [2.75, 3.05) is 33.7 Å². The molecule has 1 aliphatic rings. The second kappa shape index (κ2) is 9.45. The molecule has 2 rings (SSSR count). The number of guanidine groups is 1. The number of halogens is 4. The van der Waals surface area contributed by atoms with Crippen LogP contribution in [0.5, 0.6) is 0 Å². The Kier molecular flexibility index (Phi) is 8.28. The van der Waals surface area contributed by atoms with Crippen molar-refractivity contribution in [1.29, 1.82) is 0 Å². The molecule has 0 spiro atoms. The molecule has 0 saturated carbocycles. The summed E-state index contributed by atoms with van der Waals surface area (Å²) < 4.78 is 38.1. The molecule has 0 amide bonds. The van der Waals surface area contributed by atoms with Crippen LogP contribution in [0.15, 0.2) is 29.3 Å². The number of hydrogen-bond donors (Lipinski definition) is 2. The number of benzene rings is 1. The zero-order chi connectivity index (χ0) is 16.9. The number of hydrogen-bond acceptors (Lipinski definition) is 2. The van der Waals surface area contributed by atoms with Crippen LogP contribution in [0, 0.1) is 5.92 Å². The van der Waals surface area contributed by atoms with Gasteiger partial charge in [-0.05, 0) is 43.6 Å². The van der Waals surface area contributed by atoms with Crippen LogP contribution in [0.1, 0.15) is 17.5 Å². The van der Waals surface area contributed by atoms with Crippen molar-refractivity contribution in [3.63, 3.8) is 0 Å². The van der Waals surface area contributed by atoms with E-state index in [4.69, 9.17) is 0 Å². The third kappa shape index (κ3) is 6.46. The average molecular weight is 456 g/mol. The van der Waals surface area contributed by atoms with Gasteiger partial charge in [0.15, 0.2) is 5.96 Å². The lowest BCUT2D eigenvalue weighted by molar-refractivity contribution is -0.137. The number of nitrogens with one attached hydrogen (secondary N) is 2.